The van der Waals surface area contributed by atoms with Crippen LogP contribution in [0.3, 0.4) is 0 Å². The minimum atomic E-state index is -0.342. The number of amides is 2. The standard InChI is InChI=1S/C25H24N4O3/c1-18-10-12-21(13-11-18)29-16-23(20-7-4-3-5-8-20)26-25(29)27-24(31)17-28(19(2)30)15-22-9-6-14-32-22/h3-14,16H,15,17H2,1-2H3,(H,26,27,31). The number of aromatic nitrogens is 2. The molecule has 32 heavy (non-hydrogen) atoms. The molecule has 2 aromatic heterocycles. The Kier molecular flexibility index (Phi) is 6.17. The van der Waals surface area contributed by atoms with E-state index in [1.807, 2.05) is 72.3 Å². The van der Waals surface area contributed by atoms with E-state index in [1.54, 1.807) is 12.1 Å². The number of furan rings is 1. The molecule has 7 nitrogen and oxygen atoms in total. The Morgan fingerprint density at radius 2 is 1.78 bits per heavy atom. The minimum absolute atomic E-state index is 0.114. The summed E-state index contributed by atoms with van der Waals surface area (Å²) < 4.78 is 7.15. The first-order valence-corrected chi connectivity index (χ1v) is 10.3. The molecule has 0 aliphatic heterocycles. The first kappa shape index (κ1) is 21.1. The van der Waals surface area contributed by atoms with Gasteiger partial charge in [0.15, 0.2) is 0 Å². The van der Waals surface area contributed by atoms with Crippen LogP contribution in [0.5, 0.6) is 0 Å². The molecule has 0 aliphatic rings. The Labute approximate surface area is 186 Å². The summed E-state index contributed by atoms with van der Waals surface area (Å²) in [6.07, 6.45) is 3.43. The molecule has 0 bridgehead atoms. The number of nitrogens with one attached hydrogen (secondary N) is 1. The predicted octanol–water partition coefficient (Wildman–Crippen LogP) is 4.43. The van der Waals surface area contributed by atoms with Crippen LogP contribution in [0.2, 0.25) is 0 Å². The third-order valence-electron chi connectivity index (χ3n) is 5.05. The Balaban J connectivity index is 1.59. The van der Waals surface area contributed by atoms with E-state index in [-0.39, 0.29) is 24.9 Å². The number of carbonyl (C=O) groups is 2. The summed E-state index contributed by atoms with van der Waals surface area (Å²) in [6.45, 7) is 3.55. The van der Waals surface area contributed by atoms with Gasteiger partial charge in [-0.15, -0.1) is 0 Å². The van der Waals surface area contributed by atoms with Crippen LogP contribution in [-0.2, 0) is 16.1 Å². The van der Waals surface area contributed by atoms with E-state index >= 15 is 0 Å². The van der Waals surface area contributed by atoms with Gasteiger partial charge < -0.3 is 9.32 Å². The number of nitrogens with zero attached hydrogens (tertiary/aromatic N) is 3. The average molecular weight is 428 g/mol. The highest BCUT2D eigenvalue weighted by molar-refractivity contribution is 5.93. The smallest absolute Gasteiger partial charge is 0.246 e. The second kappa shape index (κ2) is 9.34. The minimum Gasteiger partial charge on any atom is -0.467 e. The quantitative estimate of drug-likeness (QED) is 0.472. The summed E-state index contributed by atoms with van der Waals surface area (Å²) in [5.41, 5.74) is 3.69. The monoisotopic (exact) mass is 428 g/mol. The molecule has 0 atom stereocenters. The SMILES string of the molecule is CC(=O)N(CC(=O)Nc1nc(-c2ccccc2)cn1-c1ccc(C)cc1)Cc1ccco1. The number of aryl methyl sites for hydroxylation is 1. The number of benzene rings is 2. The summed E-state index contributed by atoms with van der Waals surface area (Å²) in [6, 6.07) is 21.2. The van der Waals surface area contributed by atoms with Crippen LogP contribution in [0.1, 0.15) is 18.2 Å². The van der Waals surface area contributed by atoms with Gasteiger partial charge in [-0.2, -0.15) is 0 Å². The highest BCUT2D eigenvalue weighted by Gasteiger charge is 2.18. The predicted molar refractivity (Wildman–Crippen MR) is 122 cm³/mol. The topological polar surface area (TPSA) is 80.4 Å². The maximum Gasteiger partial charge on any atom is 0.246 e. The van der Waals surface area contributed by atoms with Gasteiger partial charge in [0.1, 0.15) is 12.3 Å². The van der Waals surface area contributed by atoms with Crippen molar-refractivity contribution in [1.82, 2.24) is 14.5 Å². The molecular formula is C25H24N4O3. The maximum absolute atomic E-state index is 12.9. The second-order valence-corrected chi connectivity index (χ2v) is 7.52. The van der Waals surface area contributed by atoms with Crippen molar-refractivity contribution in [3.05, 3.63) is 90.5 Å². The van der Waals surface area contributed by atoms with E-state index < -0.39 is 0 Å². The number of carbonyl (C=O) groups excluding carboxylic acids is 2. The highest BCUT2D eigenvalue weighted by atomic mass is 16.3. The normalized spacial score (nSPS) is 10.7. The lowest BCUT2D eigenvalue weighted by molar-refractivity contribution is -0.133. The third kappa shape index (κ3) is 4.95. The number of imidazole rings is 1. The van der Waals surface area contributed by atoms with Crippen molar-refractivity contribution in [1.29, 1.82) is 0 Å². The Bertz CT molecular complexity index is 1200. The molecule has 162 valence electrons. The number of rotatable bonds is 7. The Morgan fingerprint density at radius 1 is 1.03 bits per heavy atom. The molecule has 2 heterocycles. The van der Waals surface area contributed by atoms with Crippen LogP contribution < -0.4 is 5.32 Å². The molecule has 2 aromatic carbocycles. The van der Waals surface area contributed by atoms with E-state index in [0.29, 0.717) is 11.7 Å². The van der Waals surface area contributed by atoms with Gasteiger partial charge in [-0.25, -0.2) is 4.98 Å². The zero-order chi connectivity index (χ0) is 22.5. The Hall–Kier alpha value is -4.13. The van der Waals surface area contributed by atoms with Gasteiger partial charge in [0, 0.05) is 24.4 Å². The van der Waals surface area contributed by atoms with Gasteiger partial charge in [-0.05, 0) is 31.2 Å². The van der Waals surface area contributed by atoms with Crippen molar-refractivity contribution < 1.29 is 14.0 Å². The van der Waals surface area contributed by atoms with Crippen molar-refractivity contribution in [2.24, 2.45) is 0 Å². The highest BCUT2D eigenvalue weighted by Crippen LogP contribution is 2.24. The van der Waals surface area contributed by atoms with Crippen LogP contribution in [0.15, 0.2) is 83.6 Å². The van der Waals surface area contributed by atoms with E-state index in [4.69, 9.17) is 4.42 Å². The second-order valence-electron chi connectivity index (χ2n) is 7.52. The van der Waals surface area contributed by atoms with Gasteiger partial charge in [0.2, 0.25) is 17.8 Å². The molecule has 0 radical (unpaired) electrons. The van der Waals surface area contributed by atoms with Crippen LogP contribution >= 0.6 is 0 Å². The lowest BCUT2D eigenvalue weighted by atomic mass is 10.2. The van der Waals surface area contributed by atoms with E-state index in [0.717, 1.165) is 22.5 Å². The molecule has 0 saturated heterocycles. The van der Waals surface area contributed by atoms with Crippen LogP contribution in [0.4, 0.5) is 5.95 Å². The molecule has 2 amide bonds. The molecular weight excluding hydrogens is 404 g/mol. The molecule has 7 heteroatoms. The molecule has 4 rings (SSSR count). The fourth-order valence-electron chi connectivity index (χ4n) is 3.33. The van der Waals surface area contributed by atoms with Crippen molar-refractivity contribution in [3.8, 4) is 16.9 Å². The lowest BCUT2D eigenvalue weighted by Gasteiger charge is -2.19. The molecule has 4 aromatic rings. The molecule has 0 spiro atoms. The largest absolute Gasteiger partial charge is 0.467 e. The van der Waals surface area contributed by atoms with Gasteiger partial charge in [-0.1, -0.05) is 48.0 Å². The van der Waals surface area contributed by atoms with Crippen molar-refractivity contribution in [2.45, 2.75) is 20.4 Å². The molecule has 0 saturated carbocycles. The molecule has 0 aliphatic carbocycles. The number of anilines is 1. The van der Waals surface area contributed by atoms with Crippen molar-refractivity contribution in [2.75, 3.05) is 11.9 Å². The van der Waals surface area contributed by atoms with E-state index in [1.165, 1.54) is 18.1 Å². The third-order valence-corrected chi connectivity index (χ3v) is 5.05. The summed E-state index contributed by atoms with van der Waals surface area (Å²) in [4.78, 5) is 31.0. The fraction of sp³-hybridized carbons (Fsp3) is 0.160. The van der Waals surface area contributed by atoms with Gasteiger partial charge in [-0.3, -0.25) is 19.5 Å². The number of hydrogen-bond acceptors (Lipinski definition) is 4. The first-order valence-electron chi connectivity index (χ1n) is 10.3. The van der Waals surface area contributed by atoms with Gasteiger partial charge in [0.25, 0.3) is 0 Å². The van der Waals surface area contributed by atoms with Gasteiger partial charge in [0.05, 0.1) is 18.5 Å². The summed E-state index contributed by atoms with van der Waals surface area (Å²) in [7, 11) is 0. The average Bonchev–Trinajstić information content (AvgIpc) is 3.44. The van der Waals surface area contributed by atoms with Crippen LogP contribution in [0.25, 0.3) is 16.9 Å². The van der Waals surface area contributed by atoms with Crippen LogP contribution in [0, 0.1) is 6.92 Å². The summed E-state index contributed by atoms with van der Waals surface area (Å²) in [5.74, 6) is 0.438. The first-order chi connectivity index (χ1) is 15.5. The molecule has 1 N–H and O–H groups in total. The Morgan fingerprint density at radius 3 is 2.44 bits per heavy atom. The van der Waals surface area contributed by atoms with E-state index in [2.05, 4.69) is 10.3 Å². The summed E-state index contributed by atoms with van der Waals surface area (Å²) in [5, 5.41) is 2.87. The van der Waals surface area contributed by atoms with Gasteiger partial charge >= 0.3 is 0 Å². The molecule has 0 fully saturated rings. The lowest BCUT2D eigenvalue weighted by Crippen LogP contribution is -2.36. The zero-order valence-electron chi connectivity index (χ0n) is 18.0. The van der Waals surface area contributed by atoms with E-state index in [9.17, 15) is 9.59 Å². The van der Waals surface area contributed by atoms with Crippen molar-refractivity contribution >= 4 is 17.8 Å². The fourth-order valence-corrected chi connectivity index (χ4v) is 3.33. The molecule has 0 unspecified atom stereocenters. The number of hydrogen-bond donors (Lipinski definition) is 1. The summed E-state index contributed by atoms with van der Waals surface area (Å²) >= 11 is 0. The maximum atomic E-state index is 12.9. The van der Waals surface area contributed by atoms with Crippen molar-refractivity contribution in [3.63, 3.8) is 0 Å². The zero-order valence-corrected chi connectivity index (χ0v) is 18.0. The van der Waals surface area contributed by atoms with Crippen LogP contribution in [-0.4, -0.2) is 32.8 Å².